The van der Waals surface area contributed by atoms with E-state index < -0.39 is 0 Å². The van der Waals surface area contributed by atoms with Gasteiger partial charge in [0, 0.05) is 16.5 Å². The van der Waals surface area contributed by atoms with Gasteiger partial charge in [-0.3, -0.25) is 4.79 Å². The fraction of sp³-hybridized carbons (Fsp3) is 0.278. The molecule has 0 aliphatic rings. The highest BCUT2D eigenvalue weighted by Gasteiger charge is 2.05. The first-order valence-corrected chi connectivity index (χ1v) is 8.80. The molecule has 0 aliphatic heterocycles. The molecule has 2 aromatic carbocycles. The van der Waals surface area contributed by atoms with Crippen LogP contribution in [-0.2, 0) is 10.5 Å². The van der Waals surface area contributed by atoms with Crippen LogP contribution in [-0.4, -0.2) is 11.7 Å². The van der Waals surface area contributed by atoms with E-state index in [1.807, 2.05) is 36.4 Å². The van der Waals surface area contributed by atoms with Gasteiger partial charge in [0.1, 0.15) is 0 Å². The summed E-state index contributed by atoms with van der Waals surface area (Å²) in [6, 6.07) is 15.7. The molecule has 0 heterocycles. The quantitative estimate of drug-likeness (QED) is 0.773. The van der Waals surface area contributed by atoms with Crippen molar-refractivity contribution in [2.45, 2.75) is 25.5 Å². The molecule has 0 unspecified atom stereocenters. The lowest BCUT2D eigenvalue weighted by Crippen LogP contribution is -2.14. The molecule has 0 saturated heterocycles. The first-order valence-electron chi connectivity index (χ1n) is 7.27. The van der Waals surface area contributed by atoms with E-state index in [9.17, 15) is 4.79 Å². The van der Waals surface area contributed by atoms with Gasteiger partial charge in [-0.2, -0.15) is 0 Å². The van der Waals surface area contributed by atoms with E-state index in [1.165, 1.54) is 5.56 Å². The maximum atomic E-state index is 11.9. The fourth-order valence-corrected chi connectivity index (χ4v) is 3.13. The molecule has 0 bridgehead atoms. The Kier molecular flexibility index (Phi) is 6.34. The van der Waals surface area contributed by atoms with Crippen LogP contribution in [0.3, 0.4) is 0 Å². The number of carbonyl (C=O) groups is 1. The molecule has 0 saturated carbocycles. The molecule has 0 aliphatic carbocycles. The number of halogens is 1. The zero-order valence-corrected chi connectivity index (χ0v) is 14.4. The third-order valence-electron chi connectivity index (χ3n) is 3.31. The van der Waals surface area contributed by atoms with Gasteiger partial charge in [0.2, 0.25) is 5.91 Å². The Hall–Kier alpha value is -1.45. The van der Waals surface area contributed by atoms with Crippen LogP contribution >= 0.6 is 23.4 Å². The summed E-state index contributed by atoms with van der Waals surface area (Å²) in [6.07, 6.45) is 0. The molecule has 2 rings (SSSR count). The average Bonchev–Trinajstić information content (AvgIpc) is 2.50. The van der Waals surface area contributed by atoms with Gasteiger partial charge in [0.05, 0.1) is 5.75 Å². The molecule has 0 aromatic heterocycles. The molecule has 4 heteroatoms. The monoisotopic (exact) mass is 333 g/mol. The van der Waals surface area contributed by atoms with Crippen LogP contribution in [0, 0.1) is 0 Å². The number of hydrogen-bond donors (Lipinski definition) is 1. The van der Waals surface area contributed by atoms with Gasteiger partial charge in [-0.05, 0) is 35.2 Å². The normalized spacial score (nSPS) is 10.7. The van der Waals surface area contributed by atoms with Crippen molar-refractivity contribution in [1.82, 2.24) is 0 Å². The van der Waals surface area contributed by atoms with Gasteiger partial charge >= 0.3 is 0 Å². The van der Waals surface area contributed by atoms with Crippen molar-refractivity contribution in [3.8, 4) is 0 Å². The van der Waals surface area contributed by atoms with Gasteiger partial charge in [-0.15, -0.1) is 11.8 Å². The van der Waals surface area contributed by atoms with Crippen LogP contribution in [0.4, 0.5) is 5.69 Å². The van der Waals surface area contributed by atoms with E-state index in [0.717, 1.165) is 22.0 Å². The molecule has 0 atom stereocenters. The fourth-order valence-electron chi connectivity index (χ4n) is 2.02. The Labute approximate surface area is 141 Å². The Morgan fingerprint density at radius 3 is 2.45 bits per heavy atom. The average molecular weight is 334 g/mol. The SMILES string of the molecule is CC(C)c1ccc(NC(=O)CSCc2ccccc2Cl)cc1. The minimum absolute atomic E-state index is 0.00866. The van der Waals surface area contributed by atoms with Crippen LogP contribution in [0.15, 0.2) is 48.5 Å². The highest BCUT2D eigenvalue weighted by molar-refractivity contribution is 7.99. The van der Waals surface area contributed by atoms with Crippen molar-refractivity contribution in [2.75, 3.05) is 11.1 Å². The van der Waals surface area contributed by atoms with E-state index in [0.29, 0.717) is 11.7 Å². The Balaban J connectivity index is 1.79. The van der Waals surface area contributed by atoms with Crippen molar-refractivity contribution in [3.63, 3.8) is 0 Å². The highest BCUT2D eigenvalue weighted by atomic mass is 35.5. The highest BCUT2D eigenvalue weighted by Crippen LogP contribution is 2.21. The third-order valence-corrected chi connectivity index (χ3v) is 4.66. The number of benzene rings is 2. The van der Waals surface area contributed by atoms with Crippen molar-refractivity contribution in [3.05, 3.63) is 64.7 Å². The summed E-state index contributed by atoms with van der Waals surface area (Å²) in [5.74, 6) is 1.65. The smallest absolute Gasteiger partial charge is 0.234 e. The third kappa shape index (κ3) is 5.08. The number of nitrogens with one attached hydrogen (secondary N) is 1. The lowest BCUT2D eigenvalue weighted by molar-refractivity contribution is -0.113. The molecule has 1 N–H and O–H groups in total. The molecule has 1 amide bonds. The second-order valence-corrected chi connectivity index (χ2v) is 6.80. The van der Waals surface area contributed by atoms with Crippen LogP contribution in [0.25, 0.3) is 0 Å². The van der Waals surface area contributed by atoms with Crippen LogP contribution in [0.1, 0.15) is 30.9 Å². The van der Waals surface area contributed by atoms with E-state index in [-0.39, 0.29) is 5.91 Å². The summed E-state index contributed by atoms with van der Waals surface area (Å²) in [4.78, 5) is 11.9. The number of carbonyl (C=O) groups excluding carboxylic acids is 1. The summed E-state index contributed by atoms with van der Waals surface area (Å²) in [5.41, 5.74) is 3.17. The summed E-state index contributed by atoms with van der Waals surface area (Å²) >= 11 is 7.66. The summed E-state index contributed by atoms with van der Waals surface area (Å²) in [6.45, 7) is 4.30. The Morgan fingerprint density at radius 1 is 1.14 bits per heavy atom. The first-order chi connectivity index (χ1) is 10.6. The van der Waals surface area contributed by atoms with E-state index >= 15 is 0 Å². The molecular weight excluding hydrogens is 314 g/mol. The van der Waals surface area contributed by atoms with Crippen LogP contribution in [0.5, 0.6) is 0 Å². The maximum Gasteiger partial charge on any atom is 0.234 e. The molecule has 0 fully saturated rings. The largest absolute Gasteiger partial charge is 0.325 e. The number of hydrogen-bond acceptors (Lipinski definition) is 2. The summed E-state index contributed by atoms with van der Waals surface area (Å²) in [7, 11) is 0. The topological polar surface area (TPSA) is 29.1 Å². The first kappa shape index (κ1) is 16.9. The maximum absolute atomic E-state index is 11.9. The summed E-state index contributed by atoms with van der Waals surface area (Å²) < 4.78 is 0. The van der Waals surface area contributed by atoms with E-state index in [2.05, 4.69) is 31.3 Å². The van der Waals surface area contributed by atoms with Gasteiger partial charge in [-0.25, -0.2) is 0 Å². The molecular formula is C18H20ClNOS. The van der Waals surface area contributed by atoms with Crippen molar-refractivity contribution in [2.24, 2.45) is 0 Å². The van der Waals surface area contributed by atoms with Crippen LogP contribution < -0.4 is 5.32 Å². The summed E-state index contributed by atoms with van der Waals surface area (Å²) in [5, 5.41) is 3.67. The molecule has 2 aromatic rings. The van der Waals surface area contributed by atoms with Gasteiger partial charge < -0.3 is 5.32 Å². The number of thioether (sulfide) groups is 1. The molecule has 0 spiro atoms. The van der Waals surface area contributed by atoms with Gasteiger partial charge in [0.15, 0.2) is 0 Å². The second-order valence-electron chi connectivity index (χ2n) is 5.41. The molecule has 0 radical (unpaired) electrons. The lowest BCUT2D eigenvalue weighted by Gasteiger charge is -2.08. The standard InChI is InChI=1S/C18H20ClNOS/c1-13(2)14-7-9-16(10-8-14)20-18(21)12-22-11-15-5-3-4-6-17(15)19/h3-10,13H,11-12H2,1-2H3,(H,20,21). The lowest BCUT2D eigenvalue weighted by atomic mass is 10.0. The molecule has 22 heavy (non-hydrogen) atoms. The molecule has 2 nitrogen and oxygen atoms in total. The Bertz CT molecular complexity index is 625. The van der Waals surface area contributed by atoms with Crippen molar-refractivity contribution < 1.29 is 4.79 Å². The van der Waals surface area contributed by atoms with Gasteiger partial charge in [-0.1, -0.05) is 55.8 Å². The Morgan fingerprint density at radius 2 is 1.82 bits per heavy atom. The van der Waals surface area contributed by atoms with Crippen molar-refractivity contribution >= 4 is 35.0 Å². The number of amides is 1. The minimum Gasteiger partial charge on any atom is -0.325 e. The van der Waals surface area contributed by atoms with E-state index in [4.69, 9.17) is 11.6 Å². The zero-order chi connectivity index (χ0) is 15.9. The van der Waals surface area contributed by atoms with Gasteiger partial charge in [0.25, 0.3) is 0 Å². The predicted molar refractivity (Wildman–Crippen MR) is 96.8 cm³/mol. The zero-order valence-electron chi connectivity index (χ0n) is 12.8. The van der Waals surface area contributed by atoms with E-state index in [1.54, 1.807) is 11.8 Å². The number of anilines is 1. The minimum atomic E-state index is 0.00866. The van der Waals surface area contributed by atoms with Crippen molar-refractivity contribution in [1.29, 1.82) is 0 Å². The molecule has 116 valence electrons. The second kappa shape index (κ2) is 8.25. The number of rotatable bonds is 6. The van der Waals surface area contributed by atoms with Crippen LogP contribution in [0.2, 0.25) is 5.02 Å². The predicted octanol–water partition coefficient (Wildman–Crippen LogP) is 5.34.